The van der Waals surface area contributed by atoms with E-state index in [1.54, 1.807) is 22.3 Å². The molecule has 8 nitrogen and oxygen atoms in total. The first kappa shape index (κ1) is 18.9. The van der Waals surface area contributed by atoms with Crippen LogP contribution in [-0.4, -0.2) is 57.0 Å². The zero-order chi connectivity index (χ0) is 20.5. The number of piperazine rings is 1. The van der Waals surface area contributed by atoms with E-state index in [1.807, 2.05) is 17.5 Å². The zero-order valence-electron chi connectivity index (χ0n) is 16.5. The molecule has 1 aliphatic heterocycles. The standard InChI is InChI=1S/C21H22N6O2S/c28-20-7-6-17(18-5-2-12-30-18)24-27(20)14-21(29)26-10-8-25(9-11-26)19-13-15-3-1-4-16(15)22-23-19/h2,5-7,12-13H,1,3-4,8-11,14H2. The minimum Gasteiger partial charge on any atom is -0.352 e. The molecule has 0 radical (unpaired) electrons. The number of thiophene rings is 1. The number of fused-ring (bicyclic) bond motifs is 1. The van der Waals surface area contributed by atoms with Crippen LogP contribution in [0.3, 0.4) is 0 Å². The molecule has 0 unspecified atom stereocenters. The summed E-state index contributed by atoms with van der Waals surface area (Å²) in [6, 6.07) is 9.20. The summed E-state index contributed by atoms with van der Waals surface area (Å²) in [5, 5.41) is 15.1. The van der Waals surface area contributed by atoms with Gasteiger partial charge in [-0.25, -0.2) is 4.68 Å². The molecule has 0 saturated carbocycles. The Morgan fingerprint density at radius 3 is 2.73 bits per heavy atom. The van der Waals surface area contributed by atoms with Gasteiger partial charge in [-0.15, -0.1) is 16.4 Å². The van der Waals surface area contributed by atoms with Crippen molar-refractivity contribution in [3.05, 3.63) is 57.3 Å². The second-order valence-electron chi connectivity index (χ2n) is 7.59. The number of rotatable bonds is 4. The number of carbonyl (C=O) groups excluding carboxylic acids is 1. The van der Waals surface area contributed by atoms with Crippen LogP contribution in [0.4, 0.5) is 5.82 Å². The van der Waals surface area contributed by atoms with Gasteiger partial charge < -0.3 is 9.80 Å². The van der Waals surface area contributed by atoms with Crippen LogP contribution in [0.25, 0.3) is 10.6 Å². The lowest BCUT2D eigenvalue weighted by Gasteiger charge is -2.35. The largest absolute Gasteiger partial charge is 0.352 e. The van der Waals surface area contributed by atoms with Gasteiger partial charge in [-0.05, 0) is 48.4 Å². The summed E-state index contributed by atoms with van der Waals surface area (Å²) < 4.78 is 1.26. The molecule has 1 fully saturated rings. The van der Waals surface area contributed by atoms with Crippen molar-refractivity contribution >= 4 is 23.1 Å². The zero-order valence-corrected chi connectivity index (χ0v) is 17.3. The van der Waals surface area contributed by atoms with Gasteiger partial charge in [0.1, 0.15) is 12.2 Å². The fourth-order valence-corrected chi connectivity index (χ4v) is 4.69. The van der Waals surface area contributed by atoms with Crippen molar-refractivity contribution in [2.24, 2.45) is 0 Å². The summed E-state index contributed by atoms with van der Waals surface area (Å²) in [6.07, 6.45) is 3.24. The Labute approximate surface area is 177 Å². The molecule has 30 heavy (non-hydrogen) atoms. The number of aromatic nitrogens is 4. The van der Waals surface area contributed by atoms with Gasteiger partial charge in [-0.1, -0.05) is 6.07 Å². The molecule has 3 aromatic heterocycles. The number of carbonyl (C=O) groups is 1. The van der Waals surface area contributed by atoms with Gasteiger partial charge in [0, 0.05) is 32.2 Å². The first-order valence-corrected chi connectivity index (χ1v) is 11.1. The Bertz CT molecular complexity index is 1120. The number of nitrogens with zero attached hydrogens (tertiary/aromatic N) is 6. The van der Waals surface area contributed by atoms with Gasteiger partial charge in [-0.3, -0.25) is 9.59 Å². The van der Waals surface area contributed by atoms with E-state index in [1.165, 1.54) is 16.3 Å². The minimum absolute atomic E-state index is 0.0449. The fourth-order valence-electron chi connectivity index (χ4n) is 4.00. The third-order valence-corrected chi connectivity index (χ3v) is 6.58. The highest BCUT2D eigenvalue weighted by Crippen LogP contribution is 2.23. The number of aryl methyl sites for hydroxylation is 2. The van der Waals surface area contributed by atoms with Crippen molar-refractivity contribution in [3.8, 4) is 10.6 Å². The highest BCUT2D eigenvalue weighted by molar-refractivity contribution is 7.13. The summed E-state index contributed by atoms with van der Waals surface area (Å²) >= 11 is 1.55. The van der Waals surface area contributed by atoms with Gasteiger partial charge in [0.25, 0.3) is 5.56 Å². The molecule has 1 saturated heterocycles. The molecular weight excluding hydrogens is 400 g/mol. The Morgan fingerprint density at radius 1 is 1.07 bits per heavy atom. The lowest BCUT2D eigenvalue weighted by Crippen LogP contribution is -2.50. The van der Waals surface area contributed by atoms with Crippen LogP contribution in [0.5, 0.6) is 0 Å². The van der Waals surface area contributed by atoms with E-state index in [2.05, 4.69) is 26.3 Å². The Balaban J connectivity index is 1.23. The summed E-state index contributed by atoms with van der Waals surface area (Å²) in [5.41, 5.74) is 2.86. The van der Waals surface area contributed by atoms with E-state index in [0.717, 1.165) is 35.7 Å². The summed E-state index contributed by atoms with van der Waals surface area (Å²) in [5.74, 6) is 0.803. The topological polar surface area (TPSA) is 84.2 Å². The minimum atomic E-state index is -0.268. The van der Waals surface area contributed by atoms with Gasteiger partial charge in [0.05, 0.1) is 10.6 Å². The molecule has 0 aromatic carbocycles. The SMILES string of the molecule is O=C(Cn1nc(-c2cccs2)ccc1=O)N1CCN(c2cc3c(nn2)CCC3)CC1. The van der Waals surface area contributed by atoms with E-state index < -0.39 is 0 Å². The third-order valence-electron chi connectivity index (χ3n) is 5.69. The van der Waals surface area contributed by atoms with Crippen molar-refractivity contribution in [3.63, 3.8) is 0 Å². The second-order valence-corrected chi connectivity index (χ2v) is 8.54. The highest BCUT2D eigenvalue weighted by atomic mass is 32.1. The van der Waals surface area contributed by atoms with Crippen LogP contribution in [0.1, 0.15) is 17.7 Å². The number of anilines is 1. The molecule has 3 aromatic rings. The monoisotopic (exact) mass is 422 g/mol. The molecular formula is C21H22N6O2S. The normalized spacial score (nSPS) is 16.0. The van der Waals surface area contributed by atoms with Crippen LogP contribution >= 0.6 is 11.3 Å². The maximum Gasteiger partial charge on any atom is 0.267 e. The van der Waals surface area contributed by atoms with Crippen molar-refractivity contribution in [1.82, 2.24) is 24.9 Å². The molecule has 0 N–H and O–H groups in total. The van der Waals surface area contributed by atoms with Crippen LogP contribution in [0.2, 0.25) is 0 Å². The number of amides is 1. The Hall–Kier alpha value is -3.07. The van der Waals surface area contributed by atoms with Crippen molar-refractivity contribution < 1.29 is 4.79 Å². The Kier molecular flexibility index (Phi) is 5.04. The first-order chi connectivity index (χ1) is 14.7. The van der Waals surface area contributed by atoms with E-state index in [0.29, 0.717) is 31.9 Å². The van der Waals surface area contributed by atoms with E-state index in [4.69, 9.17) is 0 Å². The van der Waals surface area contributed by atoms with Crippen LogP contribution in [-0.2, 0) is 24.2 Å². The van der Waals surface area contributed by atoms with E-state index in [9.17, 15) is 9.59 Å². The second kappa shape index (κ2) is 7.98. The average Bonchev–Trinajstić information content (AvgIpc) is 3.47. The van der Waals surface area contributed by atoms with Crippen LogP contribution < -0.4 is 10.5 Å². The Morgan fingerprint density at radius 2 is 1.93 bits per heavy atom. The predicted molar refractivity (Wildman–Crippen MR) is 115 cm³/mol. The number of hydrogen-bond acceptors (Lipinski definition) is 7. The summed E-state index contributed by atoms with van der Waals surface area (Å²) in [6.45, 7) is 2.55. The van der Waals surface area contributed by atoms with Crippen molar-refractivity contribution in [2.45, 2.75) is 25.8 Å². The summed E-state index contributed by atoms with van der Waals surface area (Å²) in [7, 11) is 0. The van der Waals surface area contributed by atoms with Crippen molar-refractivity contribution in [2.75, 3.05) is 31.1 Å². The first-order valence-electron chi connectivity index (χ1n) is 10.2. The van der Waals surface area contributed by atoms with Crippen LogP contribution in [0, 0.1) is 0 Å². The predicted octanol–water partition coefficient (Wildman–Crippen LogP) is 1.60. The molecule has 154 valence electrons. The maximum absolute atomic E-state index is 12.8. The molecule has 4 heterocycles. The van der Waals surface area contributed by atoms with E-state index >= 15 is 0 Å². The van der Waals surface area contributed by atoms with Gasteiger partial charge in [0.2, 0.25) is 5.91 Å². The van der Waals surface area contributed by atoms with Crippen LogP contribution in [0.15, 0.2) is 40.5 Å². The fraction of sp³-hybridized carbons (Fsp3) is 0.381. The molecule has 0 spiro atoms. The molecule has 0 bridgehead atoms. The summed E-state index contributed by atoms with van der Waals surface area (Å²) in [4.78, 5) is 29.9. The molecule has 0 atom stereocenters. The molecule has 2 aliphatic rings. The molecule has 5 rings (SSSR count). The van der Waals surface area contributed by atoms with Gasteiger partial charge >= 0.3 is 0 Å². The smallest absolute Gasteiger partial charge is 0.267 e. The number of hydrogen-bond donors (Lipinski definition) is 0. The highest BCUT2D eigenvalue weighted by Gasteiger charge is 2.24. The van der Waals surface area contributed by atoms with Gasteiger partial charge in [0.15, 0.2) is 5.82 Å². The quantitative estimate of drug-likeness (QED) is 0.635. The lowest BCUT2D eigenvalue weighted by molar-refractivity contribution is -0.132. The van der Waals surface area contributed by atoms with E-state index in [-0.39, 0.29) is 18.0 Å². The third kappa shape index (κ3) is 3.72. The maximum atomic E-state index is 12.8. The molecule has 9 heteroatoms. The molecule has 1 aliphatic carbocycles. The molecule has 1 amide bonds. The average molecular weight is 423 g/mol. The van der Waals surface area contributed by atoms with Gasteiger partial charge in [-0.2, -0.15) is 10.2 Å². The lowest BCUT2D eigenvalue weighted by atomic mass is 10.2. The van der Waals surface area contributed by atoms with Crippen molar-refractivity contribution in [1.29, 1.82) is 0 Å².